The molecule has 0 saturated carbocycles. The van der Waals surface area contributed by atoms with Crippen molar-refractivity contribution < 1.29 is 23.4 Å². The average Bonchev–Trinajstić information content (AvgIpc) is 3.12. The number of aryl methyl sites for hydroxylation is 1. The molecule has 0 saturated heterocycles. The van der Waals surface area contributed by atoms with Gasteiger partial charge in [0.05, 0.1) is 25.5 Å². The third kappa shape index (κ3) is 4.07. The van der Waals surface area contributed by atoms with Crippen LogP contribution in [0.15, 0.2) is 46.9 Å². The van der Waals surface area contributed by atoms with Crippen molar-refractivity contribution in [3.8, 4) is 34.5 Å². The summed E-state index contributed by atoms with van der Waals surface area (Å²) in [5.41, 5.74) is 1.63. The smallest absolute Gasteiger partial charge is 0.230 e. The number of methoxy groups -OCH3 is 2. The zero-order valence-electron chi connectivity index (χ0n) is 17.7. The van der Waals surface area contributed by atoms with E-state index in [9.17, 15) is 0 Å². The minimum Gasteiger partial charge on any atom is -0.493 e. The van der Waals surface area contributed by atoms with Crippen LogP contribution in [-0.2, 0) is 6.54 Å². The zero-order chi connectivity index (χ0) is 21.1. The van der Waals surface area contributed by atoms with Crippen LogP contribution in [0.3, 0.4) is 0 Å². The Hall–Kier alpha value is -3.19. The summed E-state index contributed by atoms with van der Waals surface area (Å²) >= 11 is 0. The molecule has 7 heteroatoms. The number of rotatable bonds is 7. The van der Waals surface area contributed by atoms with Gasteiger partial charge < -0.3 is 23.4 Å². The van der Waals surface area contributed by atoms with Crippen LogP contribution < -0.4 is 18.9 Å². The van der Waals surface area contributed by atoms with Crippen molar-refractivity contribution in [1.29, 1.82) is 0 Å². The highest BCUT2D eigenvalue weighted by atomic mass is 16.6. The first-order valence-electron chi connectivity index (χ1n) is 9.83. The van der Waals surface area contributed by atoms with Crippen LogP contribution in [0.2, 0.25) is 0 Å². The first kappa shape index (κ1) is 20.1. The fourth-order valence-corrected chi connectivity index (χ4v) is 3.57. The number of oxazole rings is 1. The summed E-state index contributed by atoms with van der Waals surface area (Å²) in [6.45, 7) is 3.77. The van der Waals surface area contributed by atoms with Crippen molar-refractivity contribution in [2.75, 3.05) is 34.4 Å². The van der Waals surface area contributed by atoms with E-state index in [1.165, 1.54) is 0 Å². The topological polar surface area (TPSA) is 66.2 Å². The lowest BCUT2D eigenvalue weighted by Crippen LogP contribution is -2.39. The van der Waals surface area contributed by atoms with Crippen LogP contribution in [0.4, 0.5) is 0 Å². The molecule has 3 aromatic rings. The number of para-hydroxylation sites is 3. The summed E-state index contributed by atoms with van der Waals surface area (Å²) in [6, 6.07) is 13.4. The number of nitrogens with zero attached hydrogens (tertiary/aromatic N) is 2. The lowest BCUT2D eigenvalue weighted by atomic mass is 10.2. The molecular weight excluding hydrogens is 384 g/mol. The van der Waals surface area contributed by atoms with Crippen molar-refractivity contribution in [3.63, 3.8) is 0 Å². The second-order valence-electron chi connectivity index (χ2n) is 7.26. The highest BCUT2D eigenvalue weighted by Gasteiger charge is 2.23. The summed E-state index contributed by atoms with van der Waals surface area (Å²) < 4.78 is 28.7. The molecule has 0 unspecified atom stereocenters. The Bertz CT molecular complexity index is 1020. The molecular formula is C23H26N2O5. The fourth-order valence-electron chi connectivity index (χ4n) is 3.57. The molecule has 1 aliphatic rings. The van der Waals surface area contributed by atoms with Crippen LogP contribution in [-0.4, -0.2) is 50.4 Å². The average molecular weight is 410 g/mol. The summed E-state index contributed by atoms with van der Waals surface area (Å²) in [4.78, 5) is 6.87. The largest absolute Gasteiger partial charge is 0.493 e. The Labute approximate surface area is 176 Å². The van der Waals surface area contributed by atoms with Gasteiger partial charge in [0.15, 0.2) is 23.0 Å². The minimum atomic E-state index is -0.0462. The fraction of sp³-hybridized carbons (Fsp3) is 0.348. The maximum absolute atomic E-state index is 6.06. The van der Waals surface area contributed by atoms with Gasteiger partial charge in [-0.15, -0.1) is 0 Å². The number of fused-ring (bicyclic) bond motifs is 1. The Kier molecular flexibility index (Phi) is 5.81. The Morgan fingerprint density at radius 1 is 1.07 bits per heavy atom. The van der Waals surface area contributed by atoms with E-state index in [0.29, 0.717) is 37.1 Å². The monoisotopic (exact) mass is 410 g/mol. The van der Waals surface area contributed by atoms with Crippen molar-refractivity contribution in [3.05, 3.63) is 53.9 Å². The second-order valence-corrected chi connectivity index (χ2v) is 7.26. The van der Waals surface area contributed by atoms with E-state index in [1.54, 1.807) is 14.2 Å². The van der Waals surface area contributed by atoms with E-state index in [0.717, 1.165) is 28.5 Å². The first-order valence-corrected chi connectivity index (χ1v) is 9.83. The van der Waals surface area contributed by atoms with E-state index >= 15 is 0 Å². The predicted octanol–water partition coefficient (Wildman–Crippen LogP) is 3.94. The molecule has 2 heterocycles. The lowest BCUT2D eigenvalue weighted by molar-refractivity contribution is 0.0634. The van der Waals surface area contributed by atoms with Gasteiger partial charge in [-0.3, -0.25) is 4.90 Å². The van der Waals surface area contributed by atoms with Crippen molar-refractivity contribution >= 4 is 0 Å². The predicted molar refractivity (Wildman–Crippen MR) is 112 cm³/mol. The summed E-state index contributed by atoms with van der Waals surface area (Å²) in [6.07, 6.45) is -0.0462. The van der Waals surface area contributed by atoms with Gasteiger partial charge in [-0.25, -0.2) is 4.98 Å². The molecule has 7 nitrogen and oxygen atoms in total. The molecule has 1 atom stereocenters. The van der Waals surface area contributed by atoms with Gasteiger partial charge in [-0.2, -0.15) is 0 Å². The molecule has 0 amide bonds. The number of likely N-dealkylation sites (N-methyl/N-ethyl adjacent to an activating group) is 1. The molecule has 0 fully saturated rings. The molecule has 1 aliphatic heterocycles. The van der Waals surface area contributed by atoms with Gasteiger partial charge in [0.1, 0.15) is 18.5 Å². The molecule has 0 radical (unpaired) electrons. The standard InChI is InChI=1S/C23H26N2O5/c1-15-18(24-23(29-15)17-8-7-11-21(26-3)22(17)27-4)13-25(2)12-16-14-28-19-9-5-6-10-20(19)30-16/h5-11,16H,12-14H2,1-4H3/t16-/m0/s1. The molecule has 0 spiro atoms. The van der Waals surface area contributed by atoms with Crippen LogP contribution in [0.1, 0.15) is 11.5 Å². The van der Waals surface area contributed by atoms with Crippen LogP contribution in [0.25, 0.3) is 11.5 Å². The first-order chi connectivity index (χ1) is 14.6. The molecule has 0 N–H and O–H groups in total. The molecule has 1 aromatic heterocycles. The Morgan fingerprint density at radius 3 is 2.63 bits per heavy atom. The van der Waals surface area contributed by atoms with E-state index < -0.39 is 0 Å². The summed E-state index contributed by atoms with van der Waals surface area (Å²) in [5.74, 6) is 4.10. The van der Waals surface area contributed by atoms with E-state index in [1.807, 2.05) is 56.4 Å². The van der Waals surface area contributed by atoms with Crippen LogP contribution in [0, 0.1) is 6.92 Å². The van der Waals surface area contributed by atoms with Crippen LogP contribution in [0.5, 0.6) is 23.0 Å². The van der Waals surface area contributed by atoms with Gasteiger partial charge in [-0.1, -0.05) is 18.2 Å². The Balaban J connectivity index is 1.46. The van der Waals surface area contributed by atoms with E-state index in [-0.39, 0.29) is 6.10 Å². The number of hydrogen-bond acceptors (Lipinski definition) is 7. The van der Waals surface area contributed by atoms with Gasteiger partial charge >= 0.3 is 0 Å². The van der Waals surface area contributed by atoms with Gasteiger partial charge in [0.2, 0.25) is 5.89 Å². The molecule has 2 aromatic carbocycles. The van der Waals surface area contributed by atoms with Crippen LogP contribution >= 0.6 is 0 Å². The molecule has 4 rings (SSSR count). The molecule has 30 heavy (non-hydrogen) atoms. The summed E-state index contributed by atoms with van der Waals surface area (Å²) in [7, 11) is 5.25. The third-order valence-corrected chi connectivity index (χ3v) is 5.03. The number of aromatic nitrogens is 1. The molecule has 0 bridgehead atoms. The normalized spacial score (nSPS) is 15.3. The molecule has 158 valence electrons. The summed E-state index contributed by atoms with van der Waals surface area (Å²) in [5, 5.41) is 0. The zero-order valence-corrected chi connectivity index (χ0v) is 17.7. The lowest BCUT2D eigenvalue weighted by Gasteiger charge is -2.29. The minimum absolute atomic E-state index is 0.0462. The van der Waals surface area contributed by atoms with Crippen molar-refractivity contribution in [2.24, 2.45) is 0 Å². The van der Waals surface area contributed by atoms with E-state index in [2.05, 4.69) is 4.90 Å². The molecule has 0 aliphatic carbocycles. The van der Waals surface area contributed by atoms with Crippen molar-refractivity contribution in [1.82, 2.24) is 9.88 Å². The van der Waals surface area contributed by atoms with E-state index in [4.69, 9.17) is 28.3 Å². The SMILES string of the molecule is COc1cccc(-c2nc(CN(C)C[C@H]3COc4ccccc4O3)c(C)o2)c1OC. The van der Waals surface area contributed by atoms with Crippen molar-refractivity contribution in [2.45, 2.75) is 19.6 Å². The quantitative estimate of drug-likeness (QED) is 0.584. The van der Waals surface area contributed by atoms with Gasteiger partial charge in [0.25, 0.3) is 0 Å². The maximum Gasteiger partial charge on any atom is 0.230 e. The highest BCUT2D eigenvalue weighted by Crippen LogP contribution is 2.38. The third-order valence-electron chi connectivity index (χ3n) is 5.03. The maximum atomic E-state index is 6.06. The van der Waals surface area contributed by atoms with Gasteiger partial charge in [-0.05, 0) is 38.2 Å². The number of hydrogen-bond donors (Lipinski definition) is 0. The Morgan fingerprint density at radius 2 is 1.87 bits per heavy atom. The van der Waals surface area contributed by atoms with Gasteiger partial charge in [0, 0.05) is 13.1 Å². The number of benzene rings is 2. The highest BCUT2D eigenvalue weighted by molar-refractivity contribution is 5.68. The second kappa shape index (κ2) is 8.67. The number of ether oxygens (including phenoxy) is 4.